The molecule has 0 fully saturated rings. The standard InChI is InChI=1S/C14H8ClFN2O/c15-8-1-6-12-11(7-8)13(14(19)18-12)17-10-4-2-9(16)3-5-10/h1-7H,(H,17,18,19). The Morgan fingerprint density at radius 1 is 1.11 bits per heavy atom. The number of carbonyl (C=O) groups excluding carboxylic acids is 1. The van der Waals surface area contributed by atoms with Gasteiger partial charge in [0.25, 0.3) is 5.91 Å². The molecule has 0 radical (unpaired) electrons. The fraction of sp³-hybridized carbons (Fsp3) is 0. The van der Waals surface area contributed by atoms with Crippen LogP contribution < -0.4 is 5.32 Å². The van der Waals surface area contributed by atoms with Crippen molar-refractivity contribution in [3.63, 3.8) is 0 Å². The number of rotatable bonds is 1. The molecule has 3 nitrogen and oxygen atoms in total. The number of aliphatic imine (C=N–C) groups is 1. The number of halogens is 2. The second-order valence-corrected chi connectivity index (χ2v) is 4.52. The van der Waals surface area contributed by atoms with E-state index in [1.165, 1.54) is 24.3 Å². The summed E-state index contributed by atoms with van der Waals surface area (Å²) in [4.78, 5) is 16.1. The molecule has 5 heteroatoms. The SMILES string of the molecule is O=C1Nc2ccc(Cl)cc2C1=Nc1ccc(F)cc1. The van der Waals surface area contributed by atoms with Crippen LogP contribution in [0.3, 0.4) is 0 Å². The van der Waals surface area contributed by atoms with Gasteiger partial charge in [0.15, 0.2) is 0 Å². The molecule has 1 N–H and O–H groups in total. The smallest absolute Gasteiger partial charge is 0.275 e. The van der Waals surface area contributed by atoms with Crippen molar-refractivity contribution in [3.8, 4) is 0 Å². The summed E-state index contributed by atoms with van der Waals surface area (Å²) in [6, 6.07) is 10.7. The van der Waals surface area contributed by atoms with Crippen LogP contribution in [0.2, 0.25) is 5.02 Å². The van der Waals surface area contributed by atoms with Crippen molar-refractivity contribution < 1.29 is 9.18 Å². The van der Waals surface area contributed by atoms with Crippen LogP contribution in [0.15, 0.2) is 47.5 Å². The Balaban J connectivity index is 2.08. The normalized spacial score (nSPS) is 15.5. The maximum atomic E-state index is 12.8. The zero-order valence-corrected chi connectivity index (χ0v) is 10.4. The van der Waals surface area contributed by atoms with Gasteiger partial charge < -0.3 is 5.32 Å². The lowest BCUT2D eigenvalue weighted by molar-refractivity contribution is -0.110. The largest absolute Gasteiger partial charge is 0.320 e. The summed E-state index contributed by atoms with van der Waals surface area (Å²) >= 11 is 5.92. The second kappa shape index (κ2) is 4.48. The average molecular weight is 275 g/mol. The predicted octanol–water partition coefficient (Wildman–Crippen LogP) is 3.55. The highest BCUT2D eigenvalue weighted by atomic mass is 35.5. The van der Waals surface area contributed by atoms with Crippen LogP contribution in [0, 0.1) is 5.82 Å². The monoisotopic (exact) mass is 274 g/mol. The van der Waals surface area contributed by atoms with Crippen LogP contribution >= 0.6 is 11.6 Å². The van der Waals surface area contributed by atoms with Gasteiger partial charge in [0.1, 0.15) is 11.5 Å². The molecular weight excluding hydrogens is 267 g/mol. The molecule has 0 saturated carbocycles. The third kappa shape index (κ3) is 2.22. The van der Waals surface area contributed by atoms with Crippen LogP contribution in [0.4, 0.5) is 15.8 Å². The van der Waals surface area contributed by atoms with Gasteiger partial charge in [0.05, 0.1) is 11.4 Å². The van der Waals surface area contributed by atoms with E-state index in [1.807, 2.05) is 0 Å². The minimum atomic E-state index is -0.344. The number of nitrogens with one attached hydrogen (secondary N) is 1. The molecule has 1 heterocycles. The molecule has 0 aromatic heterocycles. The lowest BCUT2D eigenvalue weighted by atomic mass is 10.1. The topological polar surface area (TPSA) is 41.5 Å². The van der Waals surface area contributed by atoms with Crippen molar-refractivity contribution in [3.05, 3.63) is 58.9 Å². The van der Waals surface area contributed by atoms with Crippen LogP contribution in [-0.2, 0) is 4.79 Å². The fourth-order valence-corrected chi connectivity index (χ4v) is 2.05. The first kappa shape index (κ1) is 11.9. The molecule has 94 valence electrons. The van der Waals surface area contributed by atoms with E-state index < -0.39 is 0 Å². The van der Waals surface area contributed by atoms with E-state index in [-0.39, 0.29) is 17.4 Å². The Morgan fingerprint density at radius 2 is 1.84 bits per heavy atom. The molecule has 1 amide bonds. The molecule has 0 unspecified atom stereocenters. The molecule has 1 aliphatic heterocycles. The minimum Gasteiger partial charge on any atom is -0.320 e. The highest BCUT2D eigenvalue weighted by molar-refractivity contribution is 6.54. The summed E-state index contributed by atoms with van der Waals surface area (Å²) in [7, 11) is 0. The summed E-state index contributed by atoms with van der Waals surface area (Å²) in [5.41, 5.74) is 2.13. The van der Waals surface area contributed by atoms with E-state index in [2.05, 4.69) is 10.3 Å². The third-order valence-electron chi connectivity index (χ3n) is 2.77. The van der Waals surface area contributed by atoms with Crippen molar-refractivity contribution in [1.29, 1.82) is 0 Å². The van der Waals surface area contributed by atoms with Gasteiger partial charge >= 0.3 is 0 Å². The zero-order valence-electron chi connectivity index (χ0n) is 9.65. The van der Waals surface area contributed by atoms with Gasteiger partial charge in [0.2, 0.25) is 0 Å². The average Bonchev–Trinajstić information content (AvgIpc) is 2.69. The first-order valence-corrected chi connectivity index (χ1v) is 5.97. The van der Waals surface area contributed by atoms with E-state index >= 15 is 0 Å². The number of hydrogen-bond acceptors (Lipinski definition) is 2. The summed E-state index contributed by atoms with van der Waals surface area (Å²) in [5.74, 6) is -0.634. The Hall–Kier alpha value is -2.20. The van der Waals surface area contributed by atoms with Gasteiger partial charge in [-0.1, -0.05) is 11.6 Å². The van der Waals surface area contributed by atoms with Gasteiger partial charge in [-0.05, 0) is 42.5 Å². The molecule has 0 atom stereocenters. The molecule has 0 spiro atoms. The third-order valence-corrected chi connectivity index (χ3v) is 3.00. The van der Waals surface area contributed by atoms with E-state index in [4.69, 9.17) is 11.6 Å². The van der Waals surface area contributed by atoms with Crippen LogP contribution in [0.25, 0.3) is 0 Å². The highest BCUT2D eigenvalue weighted by Crippen LogP contribution is 2.28. The number of fused-ring (bicyclic) bond motifs is 1. The van der Waals surface area contributed by atoms with Crippen molar-refractivity contribution in [1.82, 2.24) is 0 Å². The number of hydrogen-bond donors (Lipinski definition) is 1. The first-order chi connectivity index (χ1) is 9.13. The molecule has 0 saturated heterocycles. The van der Waals surface area contributed by atoms with Gasteiger partial charge in [-0.2, -0.15) is 0 Å². The summed E-state index contributed by atoms with van der Waals surface area (Å²) in [5, 5.41) is 3.23. The van der Waals surface area contributed by atoms with Crippen LogP contribution in [0.5, 0.6) is 0 Å². The fourth-order valence-electron chi connectivity index (χ4n) is 1.88. The number of benzene rings is 2. The van der Waals surface area contributed by atoms with Crippen molar-refractivity contribution in [2.24, 2.45) is 4.99 Å². The maximum Gasteiger partial charge on any atom is 0.275 e. The van der Waals surface area contributed by atoms with Gasteiger partial charge in [-0.3, -0.25) is 4.79 Å². The Bertz CT molecular complexity index is 695. The van der Waals surface area contributed by atoms with Gasteiger partial charge in [-0.15, -0.1) is 0 Å². The lowest BCUT2D eigenvalue weighted by Gasteiger charge is -1.99. The molecule has 2 aromatic carbocycles. The first-order valence-electron chi connectivity index (χ1n) is 5.59. The van der Waals surface area contributed by atoms with E-state index in [9.17, 15) is 9.18 Å². The Morgan fingerprint density at radius 3 is 2.58 bits per heavy atom. The number of amides is 1. The Labute approximate surface area is 113 Å². The van der Waals surface area contributed by atoms with Crippen molar-refractivity contribution >= 4 is 34.6 Å². The summed E-state index contributed by atoms with van der Waals surface area (Å²) in [6.45, 7) is 0. The minimum absolute atomic E-state index is 0.282. The van der Waals surface area contributed by atoms with Crippen LogP contribution in [0.1, 0.15) is 5.56 Å². The van der Waals surface area contributed by atoms with E-state index in [1.54, 1.807) is 18.2 Å². The van der Waals surface area contributed by atoms with Gasteiger partial charge in [0, 0.05) is 10.6 Å². The second-order valence-electron chi connectivity index (χ2n) is 4.08. The summed E-state index contributed by atoms with van der Waals surface area (Å²) in [6.07, 6.45) is 0. The van der Waals surface area contributed by atoms with Crippen molar-refractivity contribution in [2.45, 2.75) is 0 Å². The highest BCUT2D eigenvalue weighted by Gasteiger charge is 2.25. The molecule has 0 aliphatic carbocycles. The molecule has 3 rings (SSSR count). The predicted molar refractivity (Wildman–Crippen MR) is 72.7 cm³/mol. The maximum absolute atomic E-state index is 12.8. The zero-order chi connectivity index (χ0) is 13.4. The molecule has 2 aromatic rings. The molecule has 19 heavy (non-hydrogen) atoms. The lowest BCUT2D eigenvalue weighted by Crippen LogP contribution is -2.13. The van der Waals surface area contributed by atoms with Crippen LogP contribution in [-0.4, -0.2) is 11.6 Å². The Kier molecular flexibility index (Phi) is 2.80. The molecular formula is C14H8ClFN2O. The van der Waals surface area contributed by atoms with E-state index in [0.717, 1.165) is 0 Å². The number of anilines is 1. The summed E-state index contributed by atoms with van der Waals surface area (Å²) < 4.78 is 12.8. The quantitative estimate of drug-likeness (QED) is 0.849. The van der Waals surface area contributed by atoms with Gasteiger partial charge in [-0.25, -0.2) is 9.38 Å². The number of carbonyl (C=O) groups is 1. The van der Waals surface area contributed by atoms with E-state index in [0.29, 0.717) is 22.0 Å². The molecule has 1 aliphatic rings. The number of nitrogens with zero attached hydrogens (tertiary/aromatic N) is 1. The molecule has 0 bridgehead atoms. The van der Waals surface area contributed by atoms with Crippen molar-refractivity contribution in [2.75, 3.05) is 5.32 Å².